The Morgan fingerprint density at radius 1 is 0.938 bits per heavy atom. The number of hydrogen-bond donors (Lipinski definition) is 2. The van der Waals surface area contributed by atoms with Gasteiger partial charge in [0, 0.05) is 6.04 Å². The lowest BCUT2D eigenvalue weighted by atomic mass is 9.82. The SMILES string of the molecule is CC1CCC(CNC2CCC(O)CC2)CC1. The van der Waals surface area contributed by atoms with E-state index in [-0.39, 0.29) is 6.10 Å². The van der Waals surface area contributed by atoms with Crippen molar-refractivity contribution >= 4 is 0 Å². The molecule has 0 aromatic carbocycles. The first-order chi connectivity index (χ1) is 7.74. The molecule has 0 atom stereocenters. The predicted molar refractivity (Wildman–Crippen MR) is 67.4 cm³/mol. The standard InChI is InChI=1S/C14H27NO/c1-11-2-4-12(5-3-11)10-15-13-6-8-14(16)9-7-13/h11-16H,2-10H2,1H3. The molecule has 2 saturated carbocycles. The van der Waals surface area contributed by atoms with Gasteiger partial charge in [-0.05, 0) is 56.9 Å². The van der Waals surface area contributed by atoms with Gasteiger partial charge in [0.15, 0.2) is 0 Å². The van der Waals surface area contributed by atoms with Crippen LogP contribution in [0, 0.1) is 11.8 Å². The van der Waals surface area contributed by atoms with Crippen molar-refractivity contribution in [2.24, 2.45) is 11.8 Å². The molecule has 0 aliphatic heterocycles. The Balaban J connectivity index is 1.60. The lowest BCUT2D eigenvalue weighted by Gasteiger charge is -2.30. The van der Waals surface area contributed by atoms with Gasteiger partial charge in [-0.2, -0.15) is 0 Å². The summed E-state index contributed by atoms with van der Waals surface area (Å²) in [6.45, 7) is 3.60. The number of aliphatic hydroxyl groups excluding tert-OH is 1. The minimum atomic E-state index is -0.0198. The molecule has 16 heavy (non-hydrogen) atoms. The van der Waals surface area contributed by atoms with E-state index in [1.807, 2.05) is 0 Å². The highest BCUT2D eigenvalue weighted by Gasteiger charge is 2.22. The smallest absolute Gasteiger partial charge is 0.0541 e. The molecule has 2 heteroatoms. The summed E-state index contributed by atoms with van der Waals surface area (Å²) < 4.78 is 0. The predicted octanol–water partition coefficient (Wildman–Crippen LogP) is 2.71. The van der Waals surface area contributed by atoms with Gasteiger partial charge < -0.3 is 10.4 Å². The van der Waals surface area contributed by atoms with E-state index in [0.717, 1.165) is 24.7 Å². The molecule has 0 heterocycles. The van der Waals surface area contributed by atoms with Crippen LogP contribution in [-0.4, -0.2) is 23.8 Å². The fourth-order valence-corrected chi connectivity index (χ4v) is 3.15. The quantitative estimate of drug-likeness (QED) is 0.774. The highest BCUT2D eigenvalue weighted by atomic mass is 16.3. The Labute approximate surface area is 99.8 Å². The van der Waals surface area contributed by atoms with Crippen LogP contribution >= 0.6 is 0 Å². The monoisotopic (exact) mass is 225 g/mol. The van der Waals surface area contributed by atoms with E-state index in [0.29, 0.717) is 6.04 Å². The van der Waals surface area contributed by atoms with Gasteiger partial charge >= 0.3 is 0 Å². The zero-order valence-electron chi connectivity index (χ0n) is 10.6. The highest BCUT2D eigenvalue weighted by Crippen LogP contribution is 2.28. The van der Waals surface area contributed by atoms with Crippen molar-refractivity contribution in [2.45, 2.75) is 70.4 Å². The average molecular weight is 225 g/mol. The Kier molecular flexibility index (Phi) is 4.66. The van der Waals surface area contributed by atoms with Gasteiger partial charge in [0.1, 0.15) is 0 Å². The van der Waals surface area contributed by atoms with Gasteiger partial charge in [-0.3, -0.25) is 0 Å². The fourth-order valence-electron chi connectivity index (χ4n) is 3.15. The lowest BCUT2D eigenvalue weighted by molar-refractivity contribution is 0.115. The van der Waals surface area contributed by atoms with E-state index in [4.69, 9.17) is 0 Å². The summed E-state index contributed by atoms with van der Waals surface area (Å²) in [5.41, 5.74) is 0. The molecule has 0 bridgehead atoms. The molecule has 2 nitrogen and oxygen atoms in total. The fraction of sp³-hybridized carbons (Fsp3) is 1.00. The largest absolute Gasteiger partial charge is 0.393 e. The van der Waals surface area contributed by atoms with E-state index in [9.17, 15) is 5.11 Å². The molecule has 0 aromatic rings. The summed E-state index contributed by atoms with van der Waals surface area (Å²) in [5.74, 6) is 1.88. The summed E-state index contributed by atoms with van der Waals surface area (Å²) in [6, 6.07) is 0.683. The van der Waals surface area contributed by atoms with Crippen molar-refractivity contribution in [3.8, 4) is 0 Å². The summed E-state index contributed by atoms with van der Waals surface area (Å²) >= 11 is 0. The van der Waals surface area contributed by atoms with Crippen LogP contribution in [0.25, 0.3) is 0 Å². The number of hydrogen-bond acceptors (Lipinski definition) is 2. The molecule has 2 aliphatic rings. The first-order valence-corrected chi connectivity index (χ1v) is 7.15. The average Bonchev–Trinajstić information content (AvgIpc) is 2.30. The molecule has 0 spiro atoms. The third-order valence-corrected chi connectivity index (χ3v) is 4.53. The molecular formula is C14H27NO. The molecule has 2 N–H and O–H groups in total. The second-order valence-electron chi connectivity index (χ2n) is 6.04. The van der Waals surface area contributed by atoms with Crippen LogP contribution in [0.1, 0.15) is 58.3 Å². The maximum atomic E-state index is 9.45. The van der Waals surface area contributed by atoms with Gasteiger partial charge in [-0.25, -0.2) is 0 Å². The van der Waals surface area contributed by atoms with E-state index >= 15 is 0 Å². The number of nitrogens with one attached hydrogen (secondary N) is 1. The third kappa shape index (κ3) is 3.74. The molecule has 0 radical (unpaired) electrons. The van der Waals surface area contributed by atoms with Gasteiger partial charge in [-0.15, -0.1) is 0 Å². The van der Waals surface area contributed by atoms with Crippen LogP contribution in [0.2, 0.25) is 0 Å². The number of aliphatic hydroxyl groups is 1. The van der Waals surface area contributed by atoms with Crippen LogP contribution in [0.4, 0.5) is 0 Å². The van der Waals surface area contributed by atoms with Crippen LogP contribution < -0.4 is 5.32 Å². The summed E-state index contributed by atoms with van der Waals surface area (Å²) in [4.78, 5) is 0. The van der Waals surface area contributed by atoms with E-state index in [2.05, 4.69) is 12.2 Å². The molecule has 94 valence electrons. The zero-order chi connectivity index (χ0) is 11.4. The third-order valence-electron chi connectivity index (χ3n) is 4.53. The van der Waals surface area contributed by atoms with Crippen LogP contribution in [0.5, 0.6) is 0 Å². The molecule has 0 aromatic heterocycles. The molecule has 0 saturated heterocycles. The highest BCUT2D eigenvalue weighted by molar-refractivity contribution is 4.79. The summed E-state index contributed by atoms with van der Waals surface area (Å²) in [5, 5.41) is 13.2. The van der Waals surface area contributed by atoms with Gasteiger partial charge in [-0.1, -0.05) is 19.8 Å². The topological polar surface area (TPSA) is 32.3 Å². The molecular weight excluding hydrogens is 198 g/mol. The molecule has 0 amide bonds. The molecule has 0 unspecified atom stereocenters. The van der Waals surface area contributed by atoms with Crippen molar-refractivity contribution in [1.29, 1.82) is 0 Å². The maximum absolute atomic E-state index is 9.45. The number of rotatable bonds is 3. The summed E-state index contributed by atoms with van der Waals surface area (Å²) in [7, 11) is 0. The van der Waals surface area contributed by atoms with Crippen LogP contribution in [-0.2, 0) is 0 Å². The summed E-state index contributed by atoms with van der Waals surface area (Å²) in [6.07, 6.45) is 10.0. The minimum Gasteiger partial charge on any atom is -0.393 e. The van der Waals surface area contributed by atoms with Crippen molar-refractivity contribution in [2.75, 3.05) is 6.54 Å². The Morgan fingerprint density at radius 3 is 2.19 bits per heavy atom. The Hall–Kier alpha value is -0.0800. The van der Waals surface area contributed by atoms with Crippen molar-refractivity contribution < 1.29 is 5.11 Å². The van der Waals surface area contributed by atoms with E-state index in [1.165, 1.54) is 45.1 Å². The van der Waals surface area contributed by atoms with E-state index < -0.39 is 0 Å². The lowest BCUT2D eigenvalue weighted by Crippen LogP contribution is -2.38. The van der Waals surface area contributed by atoms with Crippen molar-refractivity contribution in [3.63, 3.8) is 0 Å². The molecule has 2 rings (SSSR count). The zero-order valence-corrected chi connectivity index (χ0v) is 10.6. The second-order valence-corrected chi connectivity index (χ2v) is 6.04. The molecule has 2 aliphatic carbocycles. The second kappa shape index (κ2) is 6.02. The van der Waals surface area contributed by atoms with Crippen molar-refractivity contribution in [1.82, 2.24) is 5.32 Å². The van der Waals surface area contributed by atoms with Crippen molar-refractivity contribution in [3.05, 3.63) is 0 Å². The maximum Gasteiger partial charge on any atom is 0.0541 e. The van der Waals surface area contributed by atoms with E-state index in [1.54, 1.807) is 0 Å². The van der Waals surface area contributed by atoms with Gasteiger partial charge in [0.2, 0.25) is 0 Å². The van der Waals surface area contributed by atoms with Crippen LogP contribution in [0.3, 0.4) is 0 Å². The molecule has 2 fully saturated rings. The minimum absolute atomic E-state index is 0.0198. The van der Waals surface area contributed by atoms with Crippen LogP contribution in [0.15, 0.2) is 0 Å². The first kappa shape index (κ1) is 12.4. The Bertz CT molecular complexity index is 169. The first-order valence-electron chi connectivity index (χ1n) is 7.15. The van der Waals surface area contributed by atoms with Gasteiger partial charge in [0.05, 0.1) is 6.10 Å². The normalized spacial score (nSPS) is 40.9. The Morgan fingerprint density at radius 2 is 1.56 bits per heavy atom. The van der Waals surface area contributed by atoms with Gasteiger partial charge in [0.25, 0.3) is 0 Å².